The lowest BCUT2D eigenvalue weighted by Crippen LogP contribution is -2.24. The second-order valence-corrected chi connectivity index (χ2v) is 6.43. The molecule has 1 unspecified atom stereocenters. The first-order valence-corrected chi connectivity index (χ1v) is 8.07. The first-order chi connectivity index (χ1) is 9.22. The molecule has 1 aliphatic carbocycles. The van der Waals surface area contributed by atoms with Gasteiger partial charge in [-0.2, -0.15) is 0 Å². The van der Waals surface area contributed by atoms with Crippen molar-refractivity contribution in [1.29, 1.82) is 0 Å². The Morgan fingerprint density at radius 2 is 1.84 bits per heavy atom. The molecule has 0 saturated heterocycles. The van der Waals surface area contributed by atoms with Gasteiger partial charge in [-0.3, -0.25) is 0 Å². The molecule has 19 heavy (non-hydrogen) atoms. The van der Waals surface area contributed by atoms with Crippen LogP contribution >= 0.6 is 23.2 Å². The maximum Gasteiger partial charge on any atom is 0.0456 e. The van der Waals surface area contributed by atoms with Gasteiger partial charge in [-0.15, -0.1) is 0 Å². The smallest absolute Gasteiger partial charge is 0.0456 e. The van der Waals surface area contributed by atoms with E-state index in [4.69, 9.17) is 23.2 Å². The molecule has 0 heterocycles. The Bertz CT molecular complexity index is 398. The van der Waals surface area contributed by atoms with E-state index in [0.717, 1.165) is 22.5 Å². The fourth-order valence-corrected chi connectivity index (χ4v) is 3.81. The number of benzene rings is 1. The largest absolute Gasteiger partial charge is 0.319 e. The van der Waals surface area contributed by atoms with Crippen LogP contribution in [0, 0.1) is 5.92 Å². The van der Waals surface area contributed by atoms with Crippen molar-refractivity contribution in [2.24, 2.45) is 5.92 Å². The van der Waals surface area contributed by atoms with Gasteiger partial charge >= 0.3 is 0 Å². The van der Waals surface area contributed by atoms with Crippen LogP contribution in [-0.2, 0) is 0 Å². The average molecular weight is 300 g/mol. The number of hydrogen-bond acceptors (Lipinski definition) is 1. The summed E-state index contributed by atoms with van der Waals surface area (Å²) >= 11 is 12.4. The summed E-state index contributed by atoms with van der Waals surface area (Å²) in [5.41, 5.74) is 1.26. The Kier molecular flexibility index (Phi) is 6.00. The average Bonchev–Trinajstić information content (AvgIpc) is 2.65. The van der Waals surface area contributed by atoms with Crippen molar-refractivity contribution in [2.75, 3.05) is 13.6 Å². The predicted molar refractivity (Wildman–Crippen MR) is 84.3 cm³/mol. The van der Waals surface area contributed by atoms with Gasteiger partial charge in [0, 0.05) is 22.5 Å². The zero-order valence-electron chi connectivity index (χ0n) is 11.6. The van der Waals surface area contributed by atoms with E-state index in [1.54, 1.807) is 0 Å². The monoisotopic (exact) mass is 299 g/mol. The minimum absolute atomic E-state index is 0.507. The lowest BCUT2D eigenvalue weighted by molar-refractivity contribution is 0.367. The zero-order chi connectivity index (χ0) is 13.7. The molecule has 0 bridgehead atoms. The first-order valence-electron chi connectivity index (χ1n) is 7.32. The van der Waals surface area contributed by atoms with Crippen molar-refractivity contribution in [3.63, 3.8) is 0 Å². The van der Waals surface area contributed by atoms with Crippen molar-refractivity contribution in [3.05, 3.63) is 33.8 Å². The van der Waals surface area contributed by atoms with Gasteiger partial charge in [-0.1, -0.05) is 55.0 Å². The maximum absolute atomic E-state index is 6.41. The molecule has 0 amide bonds. The van der Waals surface area contributed by atoms with Crippen molar-refractivity contribution in [2.45, 2.75) is 44.4 Å². The number of rotatable bonds is 4. The van der Waals surface area contributed by atoms with Gasteiger partial charge < -0.3 is 5.32 Å². The van der Waals surface area contributed by atoms with Gasteiger partial charge in [-0.25, -0.2) is 0 Å². The fourth-order valence-electron chi connectivity index (χ4n) is 3.27. The fraction of sp³-hybridized carbons (Fsp3) is 0.625. The summed E-state index contributed by atoms with van der Waals surface area (Å²) in [5.74, 6) is 1.25. The van der Waals surface area contributed by atoms with E-state index in [1.165, 1.54) is 44.1 Å². The molecular formula is C16H23Cl2N. The van der Waals surface area contributed by atoms with Gasteiger partial charge in [-0.05, 0) is 43.5 Å². The van der Waals surface area contributed by atoms with Crippen LogP contribution in [0.4, 0.5) is 0 Å². The van der Waals surface area contributed by atoms with Crippen molar-refractivity contribution in [1.82, 2.24) is 5.32 Å². The van der Waals surface area contributed by atoms with E-state index in [-0.39, 0.29) is 0 Å². The second-order valence-electron chi connectivity index (χ2n) is 5.58. The van der Waals surface area contributed by atoms with Crippen LogP contribution in [0.25, 0.3) is 0 Å². The molecule has 1 N–H and O–H groups in total. The molecule has 1 aromatic carbocycles. The number of halogens is 2. The van der Waals surface area contributed by atoms with E-state index in [1.807, 2.05) is 19.2 Å². The highest BCUT2D eigenvalue weighted by Gasteiger charge is 2.25. The van der Waals surface area contributed by atoms with E-state index >= 15 is 0 Å². The predicted octanol–water partition coefficient (Wildman–Crippen LogP) is 5.27. The van der Waals surface area contributed by atoms with Crippen molar-refractivity contribution in [3.8, 4) is 0 Å². The quantitative estimate of drug-likeness (QED) is 0.747. The molecule has 1 aromatic rings. The molecular weight excluding hydrogens is 277 g/mol. The topological polar surface area (TPSA) is 12.0 Å². The van der Waals surface area contributed by atoms with Crippen LogP contribution in [0.15, 0.2) is 18.2 Å². The van der Waals surface area contributed by atoms with Gasteiger partial charge in [0.1, 0.15) is 0 Å². The van der Waals surface area contributed by atoms with Crippen LogP contribution in [0.2, 0.25) is 10.0 Å². The normalized spacial score (nSPS) is 19.1. The summed E-state index contributed by atoms with van der Waals surface area (Å²) in [6, 6.07) is 5.94. The van der Waals surface area contributed by atoms with Crippen molar-refractivity contribution < 1.29 is 0 Å². The van der Waals surface area contributed by atoms with Crippen LogP contribution in [0.5, 0.6) is 0 Å². The highest BCUT2D eigenvalue weighted by atomic mass is 35.5. The summed E-state index contributed by atoms with van der Waals surface area (Å²) in [7, 11) is 2.02. The summed E-state index contributed by atoms with van der Waals surface area (Å²) in [6.45, 7) is 0.992. The molecule has 3 heteroatoms. The van der Waals surface area contributed by atoms with Crippen LogP contribution in [0.1, 0.15) is 50.0 Å². The maximum atomic E-state index is 6.41. The third-order valence-electron chi connectivity index (χ3n) is 4.25. The molecule has 0 spiro atoms. The Balaban J connectivity index is 2.22. The highest BCUT2D eigenvalue weighted by Crippen LogP contribution is 2.38. The number of likely N-dealkylation sites (N-methyl/N-ethyl adjacent to an activating group) is 1. The van der Waals surface area contributed by atoms with Gasteiger partial charge in [0.15, 0.2) is 0 Å². The molecule has 1 aliphatic rings. The van der Waals surface area contributed by atoms with E-state index < -0.39 is 0 Å². The summed E-state index contributed by atoms with van der Waals surface area (Å²) in [6.07, 6.45) is 8.14. The highest BCUT2D eigenvalue weighted by molar-refractivity contribution is 6.35. The Morgan fingerprint density at radius 3 is 2.42 bits per heavy atom. The van der Waals surface area contributed by atoms with E-state index in [9.17, 15) is 0 Å². The minimum Gasteiger partial charge on any atom is -0.319 e. The number of hydrogen-bond donors (Lipinski definition) is 1. The molecule has 0 aliphatic heterocycles. The third kappa shape index (κ3) is 4.11. The molecule has 1 saturated carbocycles. The zero-order valence-corrected chi connectivity index (χ0v) is 13.1. The van der Waals surface area contributed by atoms with Gasteiger partial charge in [0.25, 0.3) is 0 Å². The van der Waals surface area contributed by atoms with Crippen LogP contribution < -0.4 is 5.32 Å². The first kappa shape index (κ1) is 15.2. The Hall–Kier alpha value is -0.240. The van der Waals surface area contributed by atoms with Gasteiger partial charge in [0.05, 0.1) is 0 Å². The SMILES string of the molecule is CNCC(c1ccc(Cl)cc1Cl)C1CCCCCC1. The van der Waals surface area contributed by atoms with Crippen molar-refractivity contribution >= 4 is 23.2 Å². The molecule has 0 aromatic heterocycles. The van der Waals surface area contributed by atoms with Gasteiger partial charge in [0.2, 0.25) is 0 Å². The standard InChI is InChI=1S/C16H23Cl2N/c1-19-11-15(12-6-4-2-3-5-7-12)14-9-8-13(17)10-16(14)18/h8-10,12,15,19H,2-7,11H2,1H3. The number of nitrogens with one attached hydrogen (secondary N) is 1. The summed E-state index contributed by atoms with van der Waals surface area (Å²) < 4.78 is 0. The summed E-state index contributed by atoms with van der Waals surface area (Å²) in [4.78, 5) is 0. The lowest BCUT2D eigenvalue weighted by Gasteiger charge is -2.27. The minimum atomic E-state index is 0.507. The van der Waals surface area contributed by atoms with Crippen LogP contribution in [-0.4, -0.2) is 13.6 Å². The van der Waals surface area contributed by atoms with Crippen LogP contribution in [0.3, 0.4) is 0 Å². The Morgan fingerprint density at radius 1 is 1.16 bits per heavy atom. The molecule has 1 atom stereocenters. The lowest BCUT2D eigenvalue weighted by atomic mass is 9.81. The van der Waals surface area contributed by atoms with E-state index in [0.29, 0.717) is 5.92 Å². The molecule has 2 rings (SSSR count). The summed E-state index contributed by atoms with van der Waals surface area (Å²) in [5, 5.41) is 4.87. The molecule has 1 nitrogen and oxygen atoms in total. The molecule has 106 valence electrons. The Labute approximate surface area is 126 Å². The third-order valence-corrected chi connectivity index (χ3v) is 4.82. The molecule has 1 fully saturated rings. The van der Waals surface area contributed by atoms with E-state index in [2.05, 4.69) is 11.4 Å². The second kappa shape index (κ2) is 7.52. The molecule has 0 radical (unpaired) electrons.